The molecule has 0 aliphatic rings. The van der Waals surface area contributed by atoms with Crippen molar-refractivity contribution in [3.63, 3.8) is 0 Å². The van der Waals surface area contributed by atoms with Crippen molar-refractivity contribution in [2.45, 2.75) is 6.92 Å². The number of fused-ring (bicyclic) bond motifs is 1. The summed E-state index contributed by atoms with van der Waals surface area (Å²) < 4.78 is 0. The van der Waals surface area contributed by atoms with E-state index < -0.39 is 0 Å². The Morgan fingerprint density at radius 2 is 1.82 bits per heavy atom. The van der Waals surface area contributed by atoms with Gasteiger partial charge in [0, 0.05) is 29.9 Å². The first kappa shape index (κ1) is 17.4. The lowest BCUT2D eigenvalue weighted by molar-refractivity contribution is 1.17. The van der Waals surface area contributed by atoms with Crippen molar-refractivity contribution < 1.29 is 0 Å². The average molecular weight is 368 g/mol. The average Bonchev–Trinajstić information content (AvgIpc) is 2.72. The summed E-state index contributed by atoms with van der Waals surface area (Å²) in [6, 6.07) is 16.2. The van der Waals surface area contributed by atoms with Gasteiger partial charge in [0.05, 0.1) is 23.0 Å². The zero-order valence-electron chi connectivity index (χ0n) is 15.3. The van der Waals surface area contributed by atoms with Crippen LogP contribution >= 0.6 is 0 Å². The number of anilines is 1. The fourth-order valence-corrected chi connectivity index (χ4v) is 3.04. The Hall–Kier alpha value is -4.05. The van der Waals surface area contributed by atoms with Crippen LogP contribution in [0.15, 0.2) is 53.3 Å². The Labute approximate surface area is 160 Å². The molecular weight excluding hydrogens is 352 g/mol. The highest BCUT2D eigenvalue weighted by molar-refractivity contribution is 5.85. The molecule has 0 fully saturated rings. The fourth-order valence-electron chi connectivity index (χ4n) is 3.04. The summed E-state index contributed by atoms with van der Waals surface area (Å²) in [5.74, 6) is 0.718. The van der Waals surface area contributed by atoms with E-state index in [0.717, 1.165) is 22.6 Å². The molecule has 0 spiro atoms. The van der Waals surface area contributed by atoms with Crippen molar-refractivity contribution in [2.24, 2.45) is 0 Å². The van der Waals surface area contributed by atoms with E-state index in [-0.39, 0.29) is 5.56 Å². The molecule has 0 radical (unpaired) electrons. The van der Waals surface area contributed by atoms with Gasteiger partial charge in [0.25, 0.3) is 0 Å². The van der Waals surface area contributed by atoms with Crippen LogP contribution in [-0.4, -0.2) is 27.0 Å². The molecule has 0 saturated carbocycles. The summed E-state index contributed by atoms with van der Waals surface area (Å²) in [7, 11) is 1.81. The molecule has 0 atom stereocenters. The topological polar surface area (TPSA) is 107 Å². The highest BCUT2D eigenvalue weighted by Crippen LogP contribution is 2.32. The molecule has 4 aromatic rings. The lowest BCUT2D eigenvalue weighted by Gasteiger charge is -2.12. The van der Waals surface area contributed by atoms with Gasteiger partial charge in [-0.05, 0) is 37.3 Å². The van der Waals surface area contributed by atoms with E-state index in [1.54, 1.807) is 31.3 Å². The molecule has 1 aromatic carbocycles. The summed E-state index contributed by atoms with van der Waals surface area (Å²) in [5.41, 5.74) is 4.90. The number of hydrogen-bond acceptors (Lipinski definition) is 6. The Morgan fingerprint density at radius 3 is 2.61 bits per heavy atom. The number of rotatable bonds is 3. The molecule has 0 unspecified atom stereocenters. The zero-order valence-corrected chi connectivity index (χ0v) is 15.3. The Bertz CT molecular complexity index is 1300. The minimum Gasteiger partial charge on any atom is -0.373 e. The van der Waals surface area contributed by atoms with Crippen LogP contribution in [0.1, 0.15) is 11.3 Å². The SMILES string of the molecule is CNc1cc(-c2nc3ccc(=O)[nH]c3nc2-c2cccc(C#N)c2)cc(C)n1. The van der Waals surface area contributed by atoms with Crippen molar-refractivity contribution in [2.75, 3.05) is 12.4 Å². The lowest BCUT2D eigenvalue weighted by Crippen LogP contribution is -2.06. The van der Waals surface area contributed by atoms with Crippen LogP contribution in [0.4, 0.5) is 5.82 Å². The van der Waals surface area contributed by atoms with Gasteiger partial charge in [-0.15, -0.1) is 0 Å². The summed E-state index contributed by atoms with van der Waals surface area (Å²) in [5, 5.41) is 12.3. The number of pyridine rings is 2. The Morgan fingerprint density at radius 1 is 1.00 bits per heavy atom. The second kappa shape index (κ2) is 6.93. The Kier molecular flexibility index (Phi) is 4.30. The third-order valence-electron chi connectivity index (χ3n) is 4.31. The van der Waals surface area contributed by atoms with Crippen molar-refractivity contribution >= 4 is 17.0 Å². The standard InChI is InChI=1S/C21H16N6O/c1-12-8-15(10-17(23-2)24-12)20-19(14-5-3-4-13(9-14)11-22)27-21-16(25-20)6-7-18(28)26-21/h3-10H,1-2H3,(H,23,24)(H,26,27,28). The van der Waals surface area contributed by atoms with Gasteiger partial charge >= 0.3 is 0 Å². The van der Waals surface area contributed by atoms with E-state index in [2.05, 4.69) is 26.3 Å². The molecule has 0 aliphatic carbocycles. The molecule has 136 valence electrons. The van der Waals surface area contributed by atoms with Crippen molar-refractivity contribution in [1.82, 2.24) is 19.9 Å². The molecular formula is C21H16N6O. The fraction of sp³-hybridized carbons (Fsp3) is 0.0952. The van der Waals surface area contributed by atoms with Gasteiger partial charge in [0.1, 0.15) is 11.3 Å². The molecule has 3 aromatic heterocycles. The maximum Gasteiger partial charge on any atom is 0.249 e. The van der Waals surface area contributed by atoms with Gasteiger partial charge in [-0.3, -0.25) is 4.79 Å². The second-order valence-electron chi connectivity index (χ2n) is 6.30. The number of nitrogens with one attached hydrogen (secondary N) is 2. The molecule has 0 amide bonds. The van der Waals surface area contributed by atoms with Crippen molar-refractivity contribution in [1.29, 1.82) is 5.26 Å². The van der Waals surface area contributed by atoms with Crippen LogP contribution in [0.3, 0.4) is 0 Å². The molecule has 7 nitrogen and oxygen atoms in total. The smallest absolute Gasteiger partial charge is 0.249 e. The number of hydrogen-bond donors (Lipinski definition) is 2. The predicted octanol–water partition coefficient (Wildman–Crippen LogP) is 3.27. The largest absolute Gasteiger partial charge is 0.373 e. The van der Waals surface area contributed by atoms with Gasteiger partial charge in [0.15, 0.2) is 5.65 Å². The second-order valence-corrected chi connectivity index (χ2v) is 6.30. The molecule has 7 heteroatoms. The highest BCUT2D eigenvalue weighted by Gasteiger charge is 2.15. The van der Waals surface area contributed by atoms with Crippen molar-refractivity contribution in [3.05, 3.63) is 70.1 Å². The van der Waals surface area contributed by atoms with Crippen LogP contribution in [0.2, 0.25) is 0 Å². The Balaban J connectivity index is 2.06. The van der Waals surface area contributed by atoms with Gasteiger partial charge in [-0.2, -0.15) is 5.26 Å². The van der Waals surface area contributed by atoms with Crippen molar-refractivity contribution in [3.8, 4) is 28.6 Å². The number of aromatic nitrogens is 4. The molecule has 0 bridgehead atoms. The summed E-state index contributed by atoms with van der Waals surface area (Å²) in [6.45, 7) is 1.91. The van der Waals surface area contributed by atoms with Crippen LogP contribution in [0.25, 0.3) is 33.7 Å². The summed E-state index contributed by atoms with van der Waals surface area (Å²) in [6.07, 6.45) is 0. The van der Waals surface area contributed by atoms with E-state index >= 15 is 0 Å². The number of nitriles is 1. The number of aryl methyl sites for hydroxylation is 1. The maximum atomic E-state index is 11.7. The van der Waals surface area contributed by atoms with E-state index in [0.29, 0.717) is 28.1 Å². The van der Waals surface area contributed by atoms with Crippen LogP contribution in [-0.2, 0) is 0 Å². The summed E-state index contributed by atoms with van der Waals surface area (Å²) in [4.78, 5) is 28.3. The van der Waals surface area contributed by atoms with Gasteiger partial charge in [-0.1, -0.05) is 12.1 Å². The first-order valence-electron chi connectivity index (χ1n) is 8.66. The molecule has 28 heavy (non-hydrogen) atoms. The third kappa shape index (κ3) is 3.19. The van der Waals surface area contributed by atoms with Crippen LogP contribution < -0.4 is 10.9 Å². The summed E-state index contributed by atoms with van der Waals surface area (Å²) >= 11 is 0. The van der Waals surface area contributed by atoms with Gasteiger partial charge < -0.3 is 10.3 Å². The first-order valence-corrected chi connectivity index (χ1v) is 8.66. The van der Waals surface area contributed by atoms with E-state index in [9.17, 15) is 10.1 Å². The van der Waals surface area contributed by atoms with E-state index in [1.807, 2.05) is 25.1 Å². The number of H-pyrrole nitrogens is 1. The minimum absolute atomic E-state index is 0.247. The molecule has 2 N–H and O–H groups in total. The predicted molar refractivity (Wildman–Crippen MR) is 108 cm³/mol. The minimum atomic E-state index is -0.247. The van der Waals surface area contributed by atoms with Crippen LogP contribution in [0, 0.1) is 18.3 Å². The monoisotopic (exact) mass is 368 g/mol. The normalized spacial score (nSPS) is 10.6. The van der Waals surface area contributed by atoms with E-state index in [1.165, 1.54) is 6.07 Å². The number of nitrogens with zero attached hydrogens (tertiary/aromatic N) is 4. The molecule has 3 heterocycles. The lowest BCUT2D eigenvalue weighted by atomic mass is 10.0. The highest BCUT2D eigenvalue weighted by atomic mass is 16.1. The number of aromatic amines is 1. The quantitative estimate of drug-likeness (QED) is 0.575. The maximum absolute atomic E-state index is 11.7. The molecule has 0 saturated heterocycles. The number of benzene rings is 1. The first-order chi connectivity index (χ1) is 13.6. The van der Waals surface area contributed by atoms with Gasteiger partial charge in [-0.25, -0.2) is 15.0 Å². The van der Waals surface area contributed by atoms with Gasteiger partial charge in [0.2, 0.25) is 5.56 Å². The molecule has 4 rings (SSSR count). The third-order valence-corrected chi connectivity index (χ3v) is 4.31. The van der Waals surface area contributed by atoms with E-state index in [4.69, 9.17) is 4.98 Å². The zero-order chi connectivity index (χ0) is 19.7. The molecule has 0 aliphatic heterocycles. The van der Waals surface area contributed by atoms with Crippen LogP contribution in [0.5, 0.6) is 0 Å².